The number of rotatable bonds is 6. The van der Waals surface area contributed by atoms with E-state index in [1.54, 1.807) is 6.07 Å². The standard InChI is InChI=1S/C17H18O4/c1-13(11-17(18)19-2)20-15-9-6-10-16(12-15)21-14-7-4-3-5-8-14/h3-10,12-13H,11H2,1-2H3. The van der Waals surface area contributed by atoms with Gasteiger partial charge in [-0.1, -0.05) is 24.3 Å². The van der Waals surface area contributed by atoms with Crippen LogP contribution in [-0.4, -0.2) is 19.2 Å². The third kappa shape index (κ3) is 4.84. The first-order chi connectivity index (χ1) is 10.2. The summed E-state index contributed by atoms with van der Waals surface area (Å²) in [5.74, 6) is 1.81. The summed E-state index contributed by atoms with van der Waals surface area (Å²) < 4.78 is 16.0. The minimum Gasteiger partial charge on any atom is -0.490 e. The third-order valence-electron chi connectivity index (χ3n) is 2.80. The van der Waals surface area contributed by atoms with Gasteiger partial charge in [0.2, 0.25) is 0 Å². The highest BCUT2D eigenvalue weighted by atomic mass is 16.5. The predicted molar refractivity (Wildman–Crippen MR) is 79.7 cm³/mol. The van der Waals surface area contributed by atoms with Crippen LogP contribution in [0, 0.1) is 0 Å². The van der Waals surface area contributed by atoms with Gasteiger partial charge in [-0.2, -0.15) is 0 Å². The van der Waals surface area contributed by atoms with E-state index in [9.17, 15) is 4.79 Å². The first-order valence-electron chi connectivity index (χ1n) is 6.74. The van der Waals surface area contributed by atoms with E-state index < -0.39 is 0 Å². The van der Waals surface area contributed by atoms with Gasteiger partial charge in [0.15, 0.2) is 0 Å². The SMILES string of the molecule is COC(=O)CC(C)Oc1cccc(Oc2ccccc2)c1. The van der Waals surface area contributed by atoms with Gasteiger partial charge in [0, 0.05) is 6.07 Å². The van der Waals surface area contributed by atoms with Crippen molar-refractivity contribution in [1.29, 1.82) is 0 Å². The first kappa shape index (κ1) is 14.9. The molecule has 1 unspecified atom stereocenters. The van der Waals surface area contributed by atoms with Gasteiger partial charge >= 0.3 is 5.97 Å². The van der Waals surface area contributed by atoms with E-state index >= 15 is 0 Å². The molecule has 0 spiro atoms. The third-order valence-corrected chi connectivity index (χ3v) is 2.80. The van der Waals surface area contributed by atoms with Gasteiger partial charge < -0.3 is 14.2 Å². The fourth-order valence-electron chi connectivity index (χ4n) is 1.83. The van der Waals surface area contributed by atoms with Gasteiger partial charge in [-0.05, 0) is 31.2 Å². The van der Waals surface area contributed by atoms with Crippen LogP contribution >= 0.6 is 0 Å². The Labute approximate surface area is 124 Å². The molecule has 0 heterocycles. The Kier molecular flexibility index (Phi) is 5.21. The van der Waals surface area contributed by atoms with Crippen molar-refractivity contribution in [1.82, 2.24) is 0 Å². The second-order valence-corrected chi connectivity index (χ2v) is 4.60. The van der Waals surface area contributed by atoms with Crippen molar-refractivity contribution in [3.63, 3.8) is 0 Å². The van der Waals surface area contributed by atoms with Crippen LogP contribution in [0.25, 0.3) is 0 Å². The fraction of sp³-hybridized carbons (Fsp3) is 0.235. The van der Waals surface area contributed by atoms with E-state index in [1.165, 1.54) is 7.11 Å². The van der Waals surface area contributed by atoms with Gasteiger partial charge in [0.1, 0.15) is 23.4 Å². The molecule has 2 rings (SSSR count). The van der Waals surface area contributed by atoms with E-state index in [0.29, 0.717) is 11.5 Å². The topological polar surface area (TPSA) is 44.8 Å². The van der Waals surface area contributed by atoms with Gasteiger partial charge in [0.25, 0.3) is 0 Å². The Hall–Kier alpha value is -2.49. The molecular formula is C17H18O4. The van der Waals surface area contributed by atoms with Gasteiger partial charge in [-0.15, -0.1) is 0 Å². The van der Waals surface area contributed by atoms with E-state index in [1.807, 2.05) is 55.5 Å². The lowest BCUT2D eigenvalue weighted by atomic mass is 10.2. The number of hydrogen-bond acceptors (Lipinski definition) is 4. The van der Waals surface area contributed by atoms with Gasteiger partial charge in [0.05, 0.1) is 13.5 Å². The fourth-order valence-corrected chi connectivity index (χ4v) is 1.83. The minimum absolute atomic E-state index is 0.209. The molecule has 0 N–H and O–H groups in total. The Balaban J connectivity index is 1.99. The number of para-hydroxylation sites is 1. The van der Waals surface area contributed by atoms with E-state index in [4.69, 9.17) is 9.47 Å². The Morgan fingerprint density at radius 3 is 2.38 bits per heavy atom. The van der Waals surface area contributed by atoms with Crippen LogP contribution in [0.3, 0.4) is 0 Å². The molecule has 0 saturated heterocycles. The molecule has 1 atom stereocenters. The monoisotopic (exact) mass is 286 g/mol. The molecule has 4 nitrogen and oxygen atoms in total. The van der Waals surface area contributed by atoms with Gasteiger partial charge in [-0.3, -0.25) is 4.79 Å². The molecule has 0 aromatic heterocycles. The Morgan fingerprint density at radius 1 is 1.00 bits per heavy atom. The molecule has 0 fully saturated rings. The molecule has 4 heteroatoms. The molecule has 0 amide bonds. The van der Waals surface area contributed by atoms with E-state index in [0.717, 1.165) is 5.75 Å². The number of methoxy groups -OCH3 is 1. The lowest BCUT2D eigenvalue weighted by Gasteiger charge is -2.14. The van der Waals surface area contributed by atoms with Crippen LogP contribution in [0.4, 0.5) is 0 Å². The second-order valence-electron chi connectivity index (χ2n) is 4.60. The van der Waals surface area contributed by atoms with Crippen molar-refractivity contribution in [2.24, 2.45) is 0 Å². The van der Waals surface area contributed by atoms with Crippen molar-refractivity contribution in [2.75, 3.05) is 7.11 Å². The van der Waals surface area contributed by atoms with Crippen LogP contribution in [0.1, 0.15) is 13.3 Å². The van der Waals surface area contributed by atoms with Crippen LogP contribution in [-0.2, 0) is 9.53 Å². The zero-order valence-electron chi connectivity index (χ0n) is 12.1. The zero-order valence-corrected chi connectivity index (χ0v) is 12.1. The summed E-state index contributed by atoms with van der Waals surface area (Å²) in [6, 6.07) is 16.8. The summed E-state index contributed by atoms with van der Waals surface area (Å²) in [6.07, 6.45) is -0.0512. The molecule has 0 aliphatic heterocycles. The highest BCUT2D eigenvalue weighted by Gasteiger charge is 2.11. The summed E-state index contributed by atoms with van der Waals surface area (Å²) in [5.41, 5.74) is 0. The molecule has 2 aromatic rings. The summed E-state index contributed by atoms with van der Waals surface area (Å²) in [5, 5.41) is 0. The van der Waals surface area contributed by atoms with Crippen molar-refractivity contribution in [2.45, 2.75) is 19.4 Å². The summed E-state index contributed by atoms with van der Waals surface area (Å²) in [4.78, 5) is 11.2. The average Bonchev–Trinajstić information content (AvgIpc) is 2.48. The summed E-state index contributed by atoms with van der Waals surface area (Å²) in [6.45, 7) is 1.82. The number of esters is 1. The maximum absolute atomic E-state index is 11.2. The first-order valence-corrected chi connectivity index (χ1v) is 6.74. The molecule has 2 aromatic carbocycles. The highest BCUT2D eigenvalue weighted by molar-refractivity contribution is 5.69. The molecule has 0 radical (unpaired) electrons. The molecule has 0 saturated carbocycles. The van der Waals surface area contributed by atoms with Crippen molar-refractivity contribution in [3.05, 3.63) is 54.6 Å². The van der Waals surface area contributed by atoms with Crippen LogP contribution in [0.2, 0.25) is 0 Å². The minimum atomic E-state index is -0.292. The lowest BCUT2D eigenvalue weighted by Crippen LogP contribution is -2.17. The molecule has 110 valence electrons. The number of benzene rings is 2. The highest BCUT2D eigenvalue weighted by Crippen LogP contribution is 2.25. The maximum Gasteiger partial charge on any atom is 0.309 e. The quantitative estimate of drug-likeness (QED) is 0.757. The number of carbonyl (C=O) groups is 1. The predicted octanol–water partition coefficient (Wildman–Crippen LogP) is 3.81. The van der Waals surface area contributed by atoms with Crippen LogP contribution in [0.15, 0.2) is 54.6 Å². The largest absolute Gasteiger partial charge is 0.490 e. The Bertz CT molecular complexity index is 580. The second kappa shape index (κ2) is 7.33. The van der Waals surface area contributed by atoms with Crippen LogP contribution < -0.4 is 9.47 Å². The summed E-state index contributed by atoms with van der Waals surface area (Å²) >= 11 is 0. The van der Waals surface area contributed by atoms with Crippen molar-refractivity contribution in [3.8, 4) is 17.2 Å². The van der Waals surface area contributed by atoms with Crippen molar-refractivity contribution >= 4 is 5.97 Å². The number of ether oxygens (including phenoxy) is 3. The molecule has 0 bridgehead atoms. The van der Waals surface area contributed by atoms with E-state index in [-0.39, 0.29) is 18.5 Å². The van der Waals surface area contributed by atoms with Crippen LogP contribution in [0.5, 0.6) is 17.2 Å². The smallest absolute Gasteiger partial charge is 0.309 e. The lowest BCUT2D eigenvalue weighted by molar-refractivity contribution is -0.142. The van der Waals surface area contributed by atoms with Crippen molar-refractivity contribution < 1.29 is 19.0 Å². The van der Waals surface area contributed by atoms with E-state index in [2.05, 4.69) is 4.74 Å². The zero-order chi connectivity index (χ0) is 15.1. The normalized spacial score (nSPS) is 11.5. The molecule has 21 heavy (non-hydrogen) atoms. The Morgan fingerprint density at radius 2 is 1.67 bits per heavy atom. The maximum atomic E-state index is 11.2. The summed E-state index contributed by atoms with van der Waals surface area (Å²) in [7, 11) is 1.36. The number of hydrogen-bond donors (Lipinski definition) is 0. The van der Waals surface area contributed by atoms with Gasteiger partial charge in [-0.25, -0.2) is 0 Å². The average molecular weight is 286 g/mol. The molecule has 0 aliphatic rings. The molecular weight excluding hydrogens is 268 g/mol. The number of carbonyl (C=O) groups excluding carboxylic acids is 1. The molecule has 0 aliphatic carbocycles.